The molecule has 4 N–H and O–H groups in total. The van der Waals surface area contributed by atoms with E-state index in [1.165, 1.54) is 4.90 Å². The highest BCUT2D eigenvalue weighted by molar-refractivity contribution is 6.37. The first kappa shape index (κ1) is 16.4. The number of rotatable bonds is 5. The Balaban J connectivity index is 1.87. The summed E-state index contributed by atoms with van der Waals surface area (Å²) in [6.07, 6.45) is 0.812. The summed E-state index contributed by atoms with van der Waals surface area (Å²) < 4.78 is 0. The van der Waals surface area contributed by atoms with E-state index in [4.69, 9.17) is 10.8 Å². The predicted octanol–water partition coefficient (Wildman–Crippen LogP) is -1.62. The first-order valence-electron chi connectivity index (χ1n) is 7.82. The fourth-order valence-corrected chi connectivity index (χ4v) is 3.92. The van der Waals surface area contributed by atoms with Crippen LogP contribution in [-0.2, 0) is 14.4 Å². The quantitative estimate of drug-likeness (QED) is 0.516. The average molecular weight is 336 g/mol. The van der Waals surface area contributed by atoms with Gasteiger partial charge in [0.15, 0.2) is 5.84 Å². The van der Waals surface area contributed by atoms with Gasteiger partial charge in [0.25, 0.3) is 5.91 Å². The molecule has 0 unspecified atom stereocenters. The highest BCUT2D eigenvalue weighted by Crippen LogP contribution is 2.46. The number of primary amides is 1. The first-order valence-corrected chi connectivity index (χ1v) is 7.82. The van der Waals surface area contributed by atoms with Crippen LogP contribution in [0.1, 0.15) is 12.8 Å². The van der Waals surface area contributed by atoms with Gasteiger partial charge in [0.05, 0.1) is 12.0 Å². The molecule has 3 heterocycles. The van der Waals surface area contributed by atoms with E-state index < -0.39 is 11.9 Å². The van der Waals surface area contributed by atoms with Gasteiger partial charge in [-0.3, -0.25) is 14.6 Å². The fraction of sp³-hybridized carbons (Fsp3) is 0.600. The van der Waals surface area contributed by atoms with Crippen LogP contribution in [0.4, 0.5) is 0 Å². The van der Waals surface area contributed by atoms with Crippen molar-refractivity contribution in [2.24, 2.45) is 22.6 Å². The highest BCUT2D eigenvalue weighted by atomic mass is 16.4. The Kier molecular flexibility index (Phi) is 4.04. The van der Waals surface area contributed by atoms with Gasteiger partial charge < -0.3 is 25.7 Å². The Bertz CT molecular complexity index is 671. The number of likely N-dealkylation sites (N-methyl/N-ethyl adjacent to an activating group) is 1. The number of nitrogens with two attached hydrogens (primary N) is 1. The van der Waals surface area contributed by atoms with Gasteiger partial charge in [-0.25, -0.2) is 4.79 Å². The van der Waals surface area contributed by atoms with Crippen molar-refractivity contribution >= 4 is 23.6 Å². The van der Waals surface area contributed by atoms with Crippen LogP contribution in [0.15, 0.2) is 16.3 Å². The molecule has 0 radical (unpaired) electrons. The van der Waals surface area contributed by atoms with Gasteiger partial charge in [0, 0.05) is 32.7 Å². The third-order valence-electron chi connectivity index (χ3n) is 5.00. The topological polar surface area (TPSA) is 137 Å². The smallest absolute Gasteiger partial charge is 0.352 e. The summed E-state index contributed by atoms with van der Waals surface area (Å²) >= 11 is 0. The van der Waals surface area contributed by atoms with Crippen LogP contribution in [0.25, 0.3) is 0 Å². The number of carbonyl (C=O) groups excluding carboxylic acids is 2. The van der Waals surface area contributed by atoms with Crippen molar-refractivity contribution in [3.05, 3.63) is 11.3 Å². The monoisotopic (exact) mass is 336 g/mol. The van der Waals surface area contributed by atoms with Gasteiger partial charge in [-0.15, -0.1) is 0 Å². The lowest BCUT2D eigenvalue weighted by atomic mass is 9.83. The molecule has 2 amide bonds. The molecule has 0 aromatic rings. The molecule has 9 heteroatoms. The highest BCUT2D eigenvalue weighted by Gasteiger charge is 2.55. The van der Waals surface area contributed by atoms with Crippen molar-refractivity contribution < 1.29 is 24.6 Å². The molecule has 0 aromatic carbocycles. The number of carboxylic acid groups (broad SMARTS) is 1. The molecule has 0 aliphatic carbocycles. The fourth-order valence-electron chi connectivity index (χ4n) is 3.92. The zero-order valence-electron chi connectivity index (χ0n) is 13.3. The van der Waals surface area contributed by atoms with E-state index in [-0.39, 0.29) is 48.5 Å². The summed E-state index contributed by atoms with van der Waals surface area (Å²) in [6.45, 7) is 0.596. The Morgan fingerprint density at radius 2 is 2.12 bits per heavy atom. The number of fused-ring (bicyclic) bond motifs is 1. The van der Waals surface area contributed by atoms with E-state index in [2.05, 4.69) is 4.99 Å². The molecule has 0 bridgehead atoms. The summed E-state index contributed by atoms with van der Waals surface area (Å²) in [5.41, 5.74) is 5.98. The lowest BCUT2D eigenvalue weighted by Gasteiger charge is -2.43. The Labute approximate surface area is 138 Å². The molecule has 0 aromatic heterocycles. The summed E-state index contributed by atoms with van der Waals surface area (Å²) in [4.78, 5) is 42.3. The van der Waals surface area contributed by atoms with Crippen molar-refractivity contribution in [1.29, 1.82) is 0 Å². The summed E-state index contributed by atoms with van der Waals surface area (Å²) in [5, 5.41) is 18.6. The van der Waals surface area contributed by atoms with E-state index in [1.54, 1.807) is 11.9 Å². The Hall–Kier alpha value is -2.42. The number of aliphatic hydroxyl groups excluding tert-OH is 1. The molecular formula is C15H20N4O5. The number of β-lactam (4-membered cyclic amide) rings is 1. The SMILES string of the molecule is CN1C[C@H](C2=C(C(=O)O)N3C(=O)[C@@H](CCO)[C@H]3C2)CN=C1C(N)=O. The number of aliphatic imine (C=N–C) groups is 1. The number of aliphatic carboxylic acids is 1. The molecule has 24 heavy (non-hydrogen) atoms. The normalized spacial score (nSPS) is 29.3. The zero-order chi connectivity index (χ0) is 17.6. The molecule has 1 saturated heterocycles. The second kappa shape index (κ2) is 5.90. The molecule has 1 fully saturated rings. The van der Waals surface area contributed by atoms with E-state index in [0.29, 0.717) is 25.0 Å². The molecule has 3 rings (SSSR count). The van der Waals surface area contributed by atoms with Gasteiger partial charge in [-0.2, -0.15) is 0 Å². The Morgan fingerprint density at radius 1 is 1.42 bits per heavy atom. The number of carboxylic acids is 1. The van der Waals surface area contributed by atoms with Crippen LogP contribution in [0, 0.1) is 11.8 Å². The molecular weight excluding hydrogens is 316 g/mol. The van der Waals surface area contributed by atoms with Crippen LogP contribution in [0.5, 0.6) is 0 Å². The van der Waals surface area contributed by atoms with Gasteiger partial charge in [-0.05, 0) is 18.4 Å². The third kappa shape index (κ3) is 2.35. The van der Waals surface area contributed by atoms with Crippen LogP contribution in [0.3, 0.4) is 0 Å². The maximum atomic E-state index is 12.2. The number of amidine groups is 1. The van der Waals surface area contributed by atoms with Crippen molar-refractivity contribution in [3.63, 3.8) is 0 Å². The Morgan fingerprint density at radius 3 is 2.67 bits per heavy atom. The maximum absolute atomic E-state index is 12.2. The molecule has 9 nitrogen and oxygen atoms in total. The summed E-state index contributed by atoms with van der Waals surface area (Å²) in [5.74, 6) is -2.32. The molecule has 0 saturated carbocycles. The molecule has 3 atom stereocenters. The standard InChI is InChI=1S/C15H20N4O5/c1-18-6-7(5-17-13(18)12(16)21)9-4-10-8(2-3-20)14(22)19(10)11(9)15(23)24/h7-8,10,20H,2-6H2,1H3,(H2,16,21)(H,23,24)/t7-,8+,10-/m1/s1. The molecule has 130 valence electrons. The number of amides is 2. The number of hydrogen-bond acceptors (Lipinski definition) is 6. The van der Waals surface area contributed by atoms with E-state index in [1.807, 2.05) is 0 Å². The third-order valence-corrected chi connectivity index (χ3v) is 5.00. The predicted molar refractivity (Wildman–Crippen MR) is 82.7 cm³/mol. The largest absolute Gasteiger partial charge is 0.477 e. The molecule has 3 aliphatic heterocycles. The van der Waals surface area contributed by atoms with Gasteiger partial charge in [-0.1, -0.05) is 0 Å². The van der Waals surface area contributed by atoms with Crippen LogP contribution < -0.4 is 5.73 Å². The maximum Gasteiger partial charge on any atom is 0.352 e. The zero-order valence-corrected chi connectivity index (χ0v) is 13.3. The number of nitrogens with zero attached hydrogens (tertiary/aromatic N) is 3. The van der Waals surface area contributed by atoms with Gasteiger partial charge in [0.2, 0.25) is 5.91 Å². The van der Waals surface area contributed by atoms with Crippen LogP contribution in [-0.4, -0.2) is 76.4 Å². The summed E-state index contributed by atoms with van der Waals surface area (Å²) in [7, 11) is 1.68. The van der Waals surface area contributed by atoms with E-state index >= 15 is 0 Å². The minimum absolute atomic E-state index is 0.0373. The van der Waals surface area contributed by atoms with Crippen molar-refractivity contribution in [2.75, 3.05) is 26.7 Å². The van der Waals surface area contributed by atoms with Crippen molar-refractivity contribution in [2.45, 2.75) is 18.9 Å². The second-order valence-corrected chi connectivity index (χ2v) is 6.38. The molecule has 0 spiro atoms. The van der Waals surface area contributed by atoms with Crippen molar-refractivity contribution in [3.8, 4) is 0 Å². The van der Waals surface area contributed by atoms with Crippen LogP contribution in [0.2, 0.25) is 0 Å². The van der Waals surface area contributed by atoms with E-state index in [0.717, 1.165) is 0 Å². The number of carbonyl (C=O) groups is 3. The second-order valence-electron chi connectivity index (χ2n) is 6.38. The minimum atomic E-state index is -1.13. The lowest BCUT2D eigenvalue weighted by molar-refractivity contribution is -0.155. The van der Waals surface area contributed by atoms with Crippen molar-refractivity contribution in [1.82, 2.24) is 9.80 Å². The van der Waals surface area contributed by atoms with E-state index in [9.17, 15) is 19.5 Å². The lowest BCUT2D eigenvalue weighted by Crippen LogP contribution is -2.58. The minimum Gasteiger partial charge on any atom is -0.477 e. The number of aliphatic hydroxyl groups is 1. The van der Waals surface area contributed by atoms with Gasteiger partial charge >= 0.3 is 5.97 Å². The van der Waals surface area contributed by atoms with Gasteiger partial charge in [0.1, 0.15) is 5.70 Å². The first-order chi connectivity index (χ1) is 11.4. The number of hydrogen-bond donors (Lipinski definition) is 3. The average Bonchev–Trinajstić information content (AvgIpc) is 2.88. The van der Waals surface area contributed by atoms with Crippen LogP contribution >= 0.6 is 0 Å². The molecule has 3 aliphatic rings. The summed E-state index contributed by atoms with van der Waals surface area (Å²) in [6, 6.07) is -0.197.